The van der Waals surface area contributed by atoms with Gasteiger partial charge in [0.25, 0.3) is 0 Å². The fourth-order valence-electron chi connectivity index (χ4n) is 0.859. The Kier molecular flexibility index (Phi) is 5.46. The zero-order chi connectivity index (χ0) is 11.2. The third-order valence-electron chi connectivity index (χ3n) is 1.36. The molecule has 2 nitrogen and oxygen atoms in total. The molecule has 14 heavy (non-hydrogen) atoms. The first-order valence-electron chi connectivity index (χ1n) is 4.71. The maximum Gasteiger partial charge on any atom is 0.0730 e. The minimum absolute atomic E-state index is 0.788. The van der Waals surface area contributed by atoms with Gasteiger partial charge in [-0.1, -0.05) is 31.5 Å². The largest absolute Gasteiger partial charge is 0.250 e. The van der Waals surface area contributed by atoms with Crippen LogP contribution in [0.3, 0.4) is 0 Å². The summed E-state index contributed by atoms with van der Waals surface area (Å²) >= 11 is 0. The summed E-state index contributed by atoms with van der Waals surface area (Å²) < 4.78 is 15.3. The van der Waals surface area contributed by atoms with Gasteiger partial charge in [0.05, 0.1) is 5.69 Å². The SMILES string of the molecule is CC.Cc1ccc(N=S(C)(C)=O)cc1. The second-order valence-corrected chi connectivity index (χ2v) is 5.65. The smallest absolute Gasteiger partial charge is 0.0730 e. The Balaban J connectivity index is 0.000000791. The molecule has 80 valence electrons. The van der Waals surface area contributed by atoms with E-state index in [2.05, 4.69) is 4.36 Å². The van der Waals surface area contributed by atoms with E-state index in [-0.39, 0.29) is 0 Å². The number of rotatable bonds is 1. The maximum absolute atomic E-state index is 11.3. The Morgan fingerprint density at radius 2 is 1.50 bits per heavy atom. The molecule has 0 aliphatic rings. The summed E-state index contributed by atoms with van der Waals surface area (Å²) in [5.74, 6) is 0. The lowest BCUT2D eigenvalue weighted by Gasteiger charge is -1.96. The van der Waals surface area contributed by atoms with Crippen molar-refractivity contribution in [2.45, 2.75) is 20.8 Å². The van der Waals surface area contributed by atoms with Crippen LogP contribution in [-0.4, -0.2) is 16.7 Å². The van der Waals surface area contributed by atoms with Crippen molar-refractivity contribution in [1.82, 2.24) is 0 Å². The zero-order valence-electron chi connectivity index (χ0n) is 9.57. The molecule has 0 fully saturated rings. The van der Waals surface area contributed by atoms with Gasteiger partial charge < -0.3 is 0 Å². The lowest BCUT2D eigenvalue weighted by molar-refractivity contribution is 0.684. The zero-order valence-corrected chi connectivity index (χ0v) is 10.4. The minimum atomic E-state index is -2.02. The van der Waals surface area contributed by atoms with Crippen molar-refractivity contribution >= 4 is 15.4 Å². The first-order chi connectivity index (χ1) is 6.47. The highest BCUT2D eigenvalue weighted by Gasteiger charge is 1.92. The monoisotopic (exact) mass is 213 g/mol. The summed E-state index contributed by atoms with van der Waals surface area (Å²) in [6, 6.07) is 7.68. The third kappa shape index (κ3) is 5.75. The molecule has 0 aromatic heterocycles. The van der Waals surface area contributed by atoms with Crippen LogP contribution in [0.4, 0.5) is 5.69 Å². The second-order valence-electron chi connectivity index (χ2n) is 3.11. The Hall–Kier alpha value is -0.830. The molecule has 0 N–H and O–H groups in total. The Morgan fingerprint density at radius 3 is 1.86 bits per heavy atom. The summed E-state index contributed by atoms with van der Waals surface area (Å²) in [5.41, 5.74) is 1.98. The summed E-state index contributed by atoms with van der Waals surface area (Å²) in [5, 5.41) is 0. The number of nitrogens with zero attached hydrogens (tertiary/aromatic N) is 1. The van der Waals surface area contributed by atoms with Gasteiger partial charge in [-0.25, -0.2) is 4.21 Å². The lowest BCUT2D eigenvalue weighted by Crippen LogP contribution is -1.88. The average molecular weight is 213 g/mol. The van der Waals surface area contributed by atoms with Crippen LogP contribution in [0.5, 0.6) is 0 Å². The molecule has 0 radical (unpaired) electrons. The second kappa shape index (κ2) is 5.81. The molecule has 0 aliphatic carbocycles. The van der Waals surface area contributed by atoms with Crippen molar-refractivity contribution in [3.63, 3.8) is 0 Å². The maximum atomic E-state index is 11.3. The van der Waals surface area contributed by atoms with Crippen LogP contribution >= 0.6 is 0 Å². The molecule has 0 spiro atoms. The van der Waals surface area contributed by atoms with Gasteiger partial charge in [-0.2, -0.15) is 4.36 Å². The van der Waals surface area contributed by atoms with E-state index in [0.29, 0.717) is 0 Å². The van der Waals surface area contributed by atoms with E-state index in [1.54, 1.807) is 12.5 Å². The van der Waals surface area contributed by atoms with Crippen molar-refractivity contribution in [3.8, 4) is 0 Å². The van der Waals surface area contributed by atoms with Gasteiger partial charge in [-0.3, -0.25) is 0 Å². The van der Waals surface area contributed by atoms with E-state index in [9.17, 15) is 4.21 Å². The van der Waals surface area contributed by atoms with Crippen LogP contribution in [0.1, 0.15) is 19.4 Å². The molecule has 0 heterocycles. The van der Waals surface area contributed by atoms with Gasteiger partial charge in [0, 0.05) is 22.2 Å². The molecule has 1 aromatic carbocycles. The van der Waals surface area contributed by atoms with E-state index < -0.39 is 9.73 Å². The Bertz CT molecular complexity index is 365. The van der Waals surface area contributed by atoms with E-state index in [4.69, 9.17) is 0 Å². The van der Waals surface area contributed by atoms with Gasteiger partial charge in [0.1, 0.15) is 0 Å². The van der Waals surface area contributed by atoms with Crippen LogP contribution in [-0.2, 0) is 9.73 Å². The van der Waals surface area contributed by atoms with E-state index >= 15 is 0 Å². The molecule has 0 saturated heterocycles. The topological polar surface area (TPSA) is 29.4 Å². The lowest BCUT2D eigenvalue weighted by atomic mass is 10.2. The van der Waals surface area contributed by atoms with Crippen molar-refractivity contribution in [2.75, 3.05) is 12.5 Å². The highest BCUT2D eigenvalue weighted by Crippen LogP contribution is 2.13. The van der Waals surface area contributed by atoms with Crippen molar-refractivity contribution in [1.29, 1.82) is 0 Å². The van der Waals surface area contributed by atoms with Gasteiger partial charge in [-0.05, 0) is 19.1 Å². The third-order valence-corrected chi connectivity index (χ3v) is 2.01. The van der Waals surface area contributed by atoms with Gasteiger partial charge in [0.15, 0.2) is 0 Å². The number of benzene rings is 1. The number of hydrogen-bond donors (Lipinski definition) is 0. The molecule has 0 unspecified atom stereocenters. The van der Waals surface area contributed by atoms with Crippen molar-refractivity contribution in [2.24, 2.45) is 4.36 Å². The van der Waals surface area contributed by atoms with Crippen LogP contribution < -0.4 is 0 Å². The normalized spacial score (nSPS) is 10.1. The molecule has 1 rings (SSSR count). The fourth-order valence-corrected chi connectivity index (χ4v) is 1.49. The Labute approximate surface area is 87.5 Å². The van der Waals surface area contributed by atoms with Gasteiger partial charge >= 0.3 is 0 Å². The van der Waals surface area contributed by atoms with Crippen LogP contribution in [0.25, 0.3) is 0 Å². The molecule has 0 bridgehead atoms. The number of aryl methyl sites for hydroxylation is 1. The summed E-state index contributed by atoms with van der Waals surface area (Å²) in [7, 11) is -2.02. The molecular weight excluding hydrogens is 194 g/mol. The minimum Gasteiger partial charge on any atom is -0.250 e. The molecule has 0 amide bonds. The predicted molar refractivity (Wildman–Crippen MR) is 64.6 cm³/mol. The standard InChI is InChI=1S/C9H13NOS.C2H6/c1-8-4-6-9(7-5-8)10-12(2,3)11;1-2/h4-7H,1-3H3;1-2H3. The summed E-state index contributed by atoms with van der Waals surface area (Å²) in [6.45, 7) is 6.01. The van der Waals surface area contributed by atoms with Gasteiger partial charge in [-0.15, -0.1) is 0 Å². The highest BCUT2D eigenvalue weighted by atomic mass is 32.2. The molecule has 0 aliphatic heterocycles. The first kappa shape index (κ1) is 13.2. The molecule has 0 saturated carbocycles. The predicted octanol–water partition coefficient (Wildman–Crippen LogP) is 3.38. The van der Waals surface area contributed by atoms with E-state index in [0.717, 1.165) is 5.69 Å². The number of hydrogen-bond acceptors (Lipinski definition) is 2. The van der Waals surface area contributed by atoms with Crippen molar-refractivity contribution < 1.29 is 4.21 Å². The molecule has 0 atom stereocenters. The fraction of sp³-hybridized carbons (Fsp3) is 0.455. The van der Waals surface area contributed by atoms with Crippen molar-refractivity contribution in [3.05, 3.63) is 29.8 Å². The quantitative estimate of drug-likeness (QED) is 0.703. The van der Waals surface area contributed by atoms with E-state index in [1.807, 2.05) is 45.0 Å². The van der Waals surface area contributed by atoms with Crippen LogP contribution in [0.15, 0.2) is 28.6 Å². The summed E-state index contributed by atoms with van der Waals surface area (Å²) in [6.07, 6.45) is 3.26. The molecule has 3 heteroatoms. The highest BCUT2D eigenvalue weighted by molar-refractivity contribution is 7.92. The van der Waals surface area contributed by atoms with E-state index in [1.165, 1.54) is 5.56 Å². The first-order valence-corrected chi connectivity index (χ1v) is 7.04. The Morgan fingerprint density at radius 1 is 1.07 bits per heavy atom. The average Bonchev–Trinajstić information content (AvgIpc) is 2.10. The van der Waals surface area contributed by atoms with Gasteiger partial charge in [0.2, 0.25) is 0 Å². The van der Waals surface area contributed by atoms with Crippen LogP contribution in [0.2, 0.25) is 0 Å². The molecule has 1 aromatic rings. The van der Waals surface area contributed by atoms with Crippen LogP contribution in [0, 0.1) is 6.92 Å². The molecular formula is C11H19NOS. The summed E-state index contributed by atoms with van der Waals surface area (Å²) in [4.78, 5) is 0.